The zero-order valence-corrected chi connectivity index (χ0v) is 13.7. The third-order valence-electron chi connectivity index (χ3n) is 3.72. The highest BCUT2D eigenvalue weighted by Gasteiger charge is 2.22. The second-order valence-corrected chi connectivity index (χ2v) is 5.73. The fourth-order valence-electron chi connectivity index (χ4n) is 2.22. The van der Waals surface area contributed by atoms with Crippen LogP contribution in [0, 0.1) is 0 Å². The Morgan fingerprint density at radius 1 is 1.08 bits per heavy atom. The zero-order chi connectivity index (χ0) is 17.5. The Bertz CT molecular complexity index is 655. The van der Waals surface area contributed by atoms with Crippen LogP contribution in [0.3, 0.4) is 0 Å². The molecule has 0 fully saturated rings. The van der Waals surface area contributed by atoms with E-state index in [0.29, 0.717) is 6.42 Å². The molecule has 1 aromatic carbocycles. The summed E-state index contributed by atoms with van der Waals surface area (Å²) in [5.74, 6) is -0.679. The van der Waals surface area contributed by atoms with Crippen LogP contribution in [0.25, 0.3) is 0 Å². The highest BCUT2D eigenvalue weighted by Crippen LogP contribution is 2.06. The van der Waals surface area contributed by atoms with E-state index in [1.54, 1.807) is 19.9 Å². The molecular formula is C18H22N2O4. The van der Waals surface area contributed by atoms with Crippen molar-refractivity contribution in [2.45, 2.75) is 38.5 Å². The van der Waals surface area contributed by atoms with Crippen molar-refractivity contribution >= 4 is 11.8 Å². The van der Waals surface area contributed by atoms with E-state index in [2.05, 4.69) is 10.6 Å². The Kier molecular flexibility index (Phi) is 6.14. The number of benzene rings is 1. The smallest absolute Gasteiger partial charge is 0.287 e. The zero-order valence-electron chi connectivity index (χ0n) is 13.7. The van der Waals surface area contributed by atoms with E-state index >= 15 is 0 Å². The van der Waals surface area contributed by atoms with Crippen LogP contribution in [0.15, 0.2) is 53.1 Å². The number of aliphatic hydroxyl groups is 1. The maximum atomic E-state index is 12.1. The number of nitrogens with one attached hydrogen (secondary N) is 2. The lowest BCUT2D eigenvalue weighted by Gasteiger charge is -2.22. The summed E-state index contributed by atoms with van der Waals surface area (Å²) in [6.07, 6.45) is 1.11. The Hall–Kier alpha value is -2.60. The van der Waals surface area contributed by atoms with Crippen LogP contribution in [-0.2, 0) is 11.2 Å². The van der Waals surface area contributed by atoms with E-state index < -0.39 is 24.1 Å². The fourth-order valence-corrected chi connectivity index (χ4v) is 2.22. The van der Waals surface area contributed by atoms with Crippen molar-refractivity contribution in [1.82, 2.24) is 10.6 Å². The van der Waals surface area contributed by atoms with Gasteiger partial charge in [-0.05, 0) is 31.5 Å². The Morgan fingerprint density at radius 2 is 1.79 bits per heavy atom. The Labute approximate surface area is 140 Å². The minimum Gasteiger partial charge on any atom is -0.459 e. The molecule has 1 aromatic heterocycles. The molecule has 6 heteroatoms. The Balaban J connectivity index is 1.82. The molecule has 2 aromatic rings. The number of rotatable bonds is 7. The van der Waals surface area contributed by atoms with Crippen molar-refractivity contribution in [3.05, 3.63) is 60.1 Å². The summed E-state index contributed by atoms with van der Waals surface area (Å²) in [5.41, 5.74) is 0.991. The van der Waals surface area contributed by atoms with E-state index in [4.69, 9.17) is 4.42 Å². The molecule has 0 aliphatic heterocycles. The molecule has 0 aliphatic carbocycles. The van der Waals surface area contributed by atoms with Gasteiger partial charge >= 0.3 is 0 Å². The first-order chi connectivity index (χ1) is 11.5. The molecule has 0 bridgehead atoms. The van der Waals surface area contributed by atoms with E-state index in [0.717, 1.165) is 5.56 Å². The summed E-state index contributed by atoms with van der Waals surface area (Å²) in [5, 5.41) is 15.5. The number of hydrogen-bond acceptors (Lipinski definition) is 4. The van der Waals surface area contributed by atoms with Crippen LogP contribution in [0.1, 0.15) is 30.0 Å². The van der Waals surface area contributed by atoms with E-state index in [1.807, 2.05) is 30.3 Å². The van der Waals surface area contributed by atoms with Crippen molar-refractivity contribution in [1.29, 1.82) is 0 Å². The second kappa shape index (κ2) is 8.31. The largest absolute Gasteiger partial charge is 0.459 e. The number of amides is 2. The van der Waals surface area contributed by atoms with E-state index in [1.165, 1.54) is 12.3 Å². The van der Waals surface area contributed by atoms with Crippen molar-refractivity contribution in [2.75, 3.05) is 0 Å². The van der Waals surface area contributed by atoms with Crippen molar-refractivity contribution < 1.29 is 19.1 Å². The average molecular weight is 330 g/mol. The van der Waals surface area contributed by atoms with Gasteiger partial charge in [0.2, 0.25) is 5.91 Å². The summed E-state index contributed by atoms with van der Waals surface area (Å²) >= 11 is 0. The molecule has 0 spiro atoms. The van der Waals surface area contributed by atoms with E-state index in [-0.39, 0.29) is 11.7 Å². The number of furan rings is 1. The number of hydrogen-bond donors (Lipinski definition) is 3. The predicted molar refractivity (Wildman–Crippen MR) is 89.4 cm³/mol. The fraction of sp³-hybridized carbons (Fsp3) is 0.333. The van der Waals surface area contributed by atoms with Gasteiger partial charge in [0, 0.05) is 6.42 Å². The quantitative estimate of drug-likeness (QED) is 0.717. The van der Waals surface area contributed by atoms with Crippen LogP contribution >= 0.6 is 0 Å². The molecule has 6 nitrogen and oxygen atoms in total. The number of carbonyl (C=O) groups excluding carboxylic acids is 2. The summed E-state index contributed by atoms with van der Waals surface area (Å²) in [4.78, 5) is 24.0. The molecule has 2 amide bonds. The second-order valence-electron chi connectivity index (χ2n) is 5.73. The average Bonchev–Trinajstić information content (AvgIpc) is 3.10. The lowest BCUT2D eigenvalue weighted by Crippen LogP contribution is -2.50. The van der Waals surface area contributed by atoms with Gasteiger partial charge in [0.05, 0.1) is 18.4 Å². The van der Waals surface area contributed by atoms with Crippen molar-refractivity contribution in [3.63, 3.8) is 0 Å². The van der Waals surface area contributed by atoms with Crippen LogP contribution < -0.4 is 10.6 Å². The van der Waals surface area contributed by atoms with Gasteiger partial charge < -0.3 is 20.2 Å². The topological polar surface area (TPSA) is 91.6 Å². The molecule has 0 aliphatic rings. The lowest BCUT2D eigenvalue weighted by molar-refractivity contribution is -0.124. The molecule has 0 saturated heterocycles. The van der Waals surface area contributed by atoms with Gasteiger partial charge in [-0.2, -0.15) is 0 Å². The summed E-state index contributed by atoms with van der Waals surface area (Å²) in [6.45, 7) is 3.30. The SMILES string of the molecule is CC(NC(=O)c1ccco1)C(=O)NC(C)C(O)Cc1ccccc1. The summed E-state index contributed by atoms with van der Waals surface area (Å²) < 4.78 is 4.98. The molecule has 2 rings (SSSR count). The van der Waals surface area contributed by atoms with Crippen molar-refractivity contribution in [3.8, 4) is 0 Å². The maximum absolute atomic E-state index is 12.1. The molecule has 1 heterocycles. The maximum Gasteiger partial charge on any atom is 0.287 e. The first-order valence-corrected chi connectivity index (χ1v) is 7.84. The molecule has 24 heavy (non-hydrogen) atoms. The molecule has 3 N–H and O–H groups in total. The third-order valence-corrected chi connectivity index (χ3v) is 3.72. The molecule has 128 valence electrons. The van der Waals surface area contributed by atoms with Gasteiger partial charge in [-0.1, -0.05) is 30.3 Å². The first-order valence-electron chi connectivity index (χ1n) is 7.84. The molecule has 0 radical (unpaired) electrons. The Morgan fingerprint density at radius 3 is 2.42 bits per heavy atom. The van der Waals surface area contributed by atoms with Crippen LogP contribution in [-0.4, -0.2) is 35.1 Å². The molecule has 0 saturated carbocycles. The molecule has 3 unspecified atom stereocenters. The summed E-state index contributed by atoms with van der Waals surface area (Å²) in [6, 6.07) is 11.5. The highest BCUT2D eigenvalue weighted by atomic mass is 16.3. The normalized spacial score (nSPS) is 14.5. The van der Waals surface area contributed by atoms with Gasteiger partial charge in [-0.3, -0.25) is 9.59 Å². The highest BCUT2D eigenvalue weighted by molar-refractivity contribution is 5.95. The van der Waals surface area contributed by atoms with Gasteiger partial charge in [-0.15, -0.1) is 0 Å². The minimum absolute atomic E-state index is 0.145. The van der Waals surface area contributed by atoms with Gasteiger partial charge in [-0.25, -0.2) is 0 Å². The van der Waals surface area contributed by atoms with Gasteiger partial charge in [0.1, 0.15) is 6.04 Å². The number of aliphatic hydroxyl groups excluding tert-OH is 1. The van der Waals surface area contributed by atoms with Crippen LogP contribution in [0.2, 0.25) is 0 Å². The summed E-state index contributed by atoms with van der Waals surface area (Å²) in [7, 11) is 0. The predicted octanol–water partition coefficient (Wildman–Crippen LogP) is 1.51. The first kappa shape index (κ1) is 17.7. The van der Waals surface area contributed by atoms with E-state index in [9.17, 15) is 14.7 Å². The van der Waals surface area contributed by atoms with Crippen LogP contribution in [0.4, 0.5) is 0 Å². The molecule has 3 atom stereocenters. The standard InChI is InChI=1S/C18H22N2O4/c1-12(15(21)11-14-7-4-3-5-8-14)19-17(22)13(2)20-18(23)16-9-6-10-24-16/h3-10,12-13,15,21H,11H2,1-2H3,(H,19,22)(H,20,23). The van der Waals surface area contributed by atoms with Crippen LogP contribution in [0.5, 0.6) is 0 Å². The number of carbonyl (C=O) groups is 2. The van der Waals surface area contributed by atoms with Gasteiger partial charge in [0.15, 0.2) is 5.76 Å². The van der Waals surface area contributed by atoms with Gasteiger partial charge in [0.25, 0.3) is 5.91 Å². The molecular weight excluding hydrogens is 308 g/mol. The lowest BCUT2D eigenvalue weighted by atomic mass is 10.0. The monoisotopic (exact) mass is 330 g/mol. The third kappa shape index (κ3) is 4.96. The minimum atomic E-state index is -0.742. The van der Waals surface area contributed by atoms with Crippen molar-refractivity contribution in [2.24, 2.45) is 0 Å².